The first-order chi connectivity index (χ1) is 12.9. The zero-order chi connectivity index (χ0) is 19.4. The van der Waals surface area contributed by atoms with Gasteiger partial charge in [-0.3, -0.25) is 4.90 Å². The Hall–Kier alpha value is -2.42. The Labute approximate surface area is 160 Å². The van der Waals surface area contributed by atoms with Crippen LogP contribution < -0.4 is 10.0 Å². The second kappa shape index (κ2) is 8.08. The monoisotopic (exact) mass is 388 g/mol. The predicted octanol–water partition coefficient (Wildman–Crippen LogP) is 2.12. The van der Waals surface area contributed by atoms with Gasteiger partial charge >= 0.3 is 6.03 Å². The van der Waals surface area contributed by atoms with E-state index in [2.05, 4.69) is 34.1 Å². The lowest BCUT2D eigenvalue weighted by Gasteiger charge is -2.39. The van der Waals surface area contributed by atoms with E-state index < -0.39 is 10.0 Å². The molecule has 1 unspecified atom stereocenters. The second-order valence-corrected chi connectivity index (χ2v) is 8.41. The molecule has 3 rings (SSSR count). The Bertz CT molecular complexity index is 902. The predicted molar refractivity (Wildman–Crippen MR) is 105 cm³/mol. The fourth-order valence-electron chi connectivity index (χ4n) is 3.15. The van der Waals surface area contributed by atoms with Crippen LogP contribution in [-0.2, 0) is 10.0 Å². The highest BCUT2D eigenvalue weighted by Crippen LogP contribution is 2.24. The molecule has 2 aromatic carbocycles. The van der Waals surface area contributed by atoms with Gasteiger partial charge in [-0.2, -0.15) is 0 Å². The summed E-state index contributed by atoms with van der Waals surface area (Å²) >= 11 is 0. The Morgan fingerprint density at radius 1 is 1.07 bits per heavy atom. The fraction of sp³-hybridized carbons (Fsp3) is 0.316. The van der Waals surface area contributed by atoms with Crippen LogP contribution in [0, 0.1) is 0 Å². The summed E-state index contributed by atoms with van der Waals surface area (Å²) in [6, 6.07) is 16.2. The highest BCUT2D eigenvalue weighted by molar-refractivity contribution is 7.89. The van der Waals surface area contributed by atoms with Gasteiger partial charge in [-0.1, -0.05) is 36.4 Å². The standard InChI is InChI=1S/C19H24N4O3S/c1-20-27(25,26)17-10-6-9-16(13-17)21-19(24)23-12-11-22(2)18(14-23)15-7-4-3-5-8-15/h3-10,13,18,20H,11-12,14H2,1-2H3,(H,21,24). The number of urea groups is 1. The van der Waals surface area contributed by atoms with E-state index in [-0.39, 0.29) is 17.0 Å². The maximum absolute atomic E-state index is 12.7. The number of anilines is 1. The Balaban J connectivity index is 1.72. The molecule has 0 aromatic heterocycles. The normalized spacial score (nSPS) is 18.3. The minimum absolute atomic E-state index is 0.114. The average molecular weight is 388 g/mol. The second-order valence-electron chi connectivity index (χ2n) is 6.52. The van der Waals surface area contributed by atoms with Crippen LogP contribution in [0.5, 0.6) is 0 Å². The summed E-state index contributed by atoms with van der Waals surface area (Å²) in [7, 11) is -0.145. The highest BCUT2D eigenvalue weighted by Gasteiger charge is 2.28. The molecule has 27 heavy (non-hydrogen) atoms. The lowest BCUT2D eigenvalue weighted by Crippen LogP contribution is -2.50. The smallest absolute Gasteiger partial charge is 0.321 e. The number of rotatable bonds is 4. The van der Waals surface area contributed by atoms with Crippen LogP contribution in [0.25, 0.3) is 0 Å². The number of hydrogen-bond donors (Lipinski definition) is 2. The number of nitrogens with one attached hydrogen (secondary N) is 2. The van der Waals surface area contributed by atoms with Crippen molar-refractivity contribution in [1.82, 2.24) is 14.5 Å². The Morgan fingerprint density at radius 3 is 2.52 bits per heavy atom. The summed E-state index contributed by atoms with van der Waals surface area (Å²) in [5.74, 6) is 0. The van der Waals surface area contributed by atoms with Crippen molar-refractivity contribution in [2.75, 3.05) is 39.0 Å². The molecule has 8 heteroatoms. The summed E-state index contributed by atoms with van der Waals surface area (Å²) in [5.41, 5.74) is 1.62. The van der Waals surface area contributed by atoms with Crippen molar-refractivity contribution in [2.24, 2.45) is 0 Å². The third-order valence-electron chi connectivity index (χ3n) is 4.78. The molecule has 1 aliphatic rings. The lowest BCUT2D eigenvalue weighted by atomic mass is 10.0. The van der Waals surface area contributed by atoms with Crippen molar-refractivity contribution in [2.45, 2.75) is 10.9 Å². The van der Waals surface area contributed by atoms with E-state index in [4.69, 9.17) is 0 Å². The van der Waals surface area contributed by atoms with E-state index in [9.17, 15) is 13.2 Å². The average Bonchev–Trinajstić information content (AvgIpc) is 2.69. The summed E-state index contributed by atoms with van der Waals surface area (Å²) in [6.07, 6.45) is 0. The maximum atomic E-state index is 12.7. The molecule has 2 N–H and O–H groups in total. The van der Waals surface area contributed by atoms with Gasteiger partial charge in [-0.25, -0.2) is 17.9 Å². The molecular weight excluding hydrogens is 364 g/mol. The van der Waals surface area contributed by atoms with Crippen LogP contribution in [0.3, 0.4) is 0 Å². The van der Waals surface area contributed by atoms with E-state index in [1.165, 1.54) is 24.7 Å². The topological polar surface area (TPSA) is 81.8 Å². The quantitative estimate of drug-likeness (QED) is 0.841. The van der Waals surface area contributed by atoms with Crippen LogP contribution in [0.2, 0.25) is 0 Å². The molecule has 1 aliphatic heterocycles. The molecule has 0 radical (unpaired) electrons. The third-order valence-corrected chi connectivity index (χ3v) is 6.20. The summed E-state index contributed by atoms with van der Waals surface area (Å²) in [6.45, 7) is 1.95. The minimum Gasteiger partial charge on any atom is -0.321 e. The summed E-state index contributed by atoms with van der Waals surface area (Å²) in [5, 5.41) is 2.81. The van der Waals surface area contributed by atoms with Gasteiger partial charge in [0.15, 0.2) is 0 Å². The number of hydrogen-bond acceptors (Lipinski definition) is 4. The van der Waals surface area contributed by atoms with Crippen molar-refractivity contribution in [1.29, 1.82) is 0 Å². The number of piperazine rings is 1. The van der Waals surface area contributed by atoms with Gasteiger partial charge in [0.05, 0.1) is 10.9 Å². The van der Waals surface area contributed by atoms with E-state index in [1.807, 2.05) is 18.2 Å². The molecule has 2 amide bonds. The molecule has 0 saturated carbocycles. The summed E-state index contributed by atoms with van der Waals surface area (Å²) < 4.78 is 26.1. The van der Waals surface area contributed by atoms with Crippen molar-refractivity contribution >= 4 is 21.7 Å². The van der Waals surface area contributed by atoms with Crippen molar-refractivity contribution in [3.05, 3.63) is 60.2 Å². The van der Waals surface area contributed by atoms with Crippen molar-refractivity contribution in [3.63, 3.8) is 0 Å². The molecular formula is C19H24N4O3S. The molecule has 7 nitrogen and oxygen atoms in total. The molecule has 0 aliphatic carbocycles. The first kappa shape index (κ1) is 19.3. The highest BCUT2D eigenvalue weighted by atomic mass is 32.2. The van der Waals surface area contributed by atoms with Crippen molar-refractivity contribution < 1.29 is 13.2 Å². The first-order valence-electron chi connectivity index (χ1n) is 8.75. The van der Waals surface area contributed by atoms with Crippen LogP contribution in [-0.4, -0.2) is 58.0 Å². The molecule has 0 spiro atoms. The van der Waals surface area contributed by atoms with Gasteiger partial charge in [0, 0.05) is 25.3 Å². The van der Waals surface area contributed by atoms with E-state index >= 15 is 0 Å². The van der Waals surface area contributed by atoms with Gasteiger partial charge in [0.25, 0.3) is 0 Å². The largest absolute Gasteiger partial charge is 0.321 e. The third kappa shape index (κ3) is 4.47. The molecule has 2 aromatic rings. The molecule has 1 saturated heterocycles. The maximum Gasteiger partial charge on any atom is 0.321 e. The van der Waals surface area contributed by atoms with Gasteiger partial charge in [0.1, 0.15) is 0 Å². The Kier molecular flexibility index (Phi) is 5.79. The van der Waals surface area contributed by atoms with Crippen LogP contribution in [0.4, 0.5) is 10.5 Å². The number of carbonyl (C=O) groups is 1. The van der Waals surface area contributed by atoms with E-state index in [1.54, 1.807) is 17.0 Å². The zero-order valence-electron chi connectivity index (χ0n) is 15.4. The molecule has 0 bridgehead atoms. The number of sulfonamides is 1. The Morgan fingerprint density at radius 2 is 1.81 bits per heavy atom. The number of likely N-dealkylation sites (N-methyl/N-ethyl adjacent to an activating group) is 1. The molecule has 144 valence electrons. The number of amides is 2. The fourth-order valence-corrected chi connectivity index (χ4v) is 3.93. The van der Waals surface area contributed by atoms with Crippen LogP contribution in [0.1, 0.15) is 11.6 Å². The van der Waals surface area contributed by atoms with E-state index in [0.29, 0.717) is 18.8 Å². The van der Waals surface area contributed by atoms with Crippen molar-refractivity contribution in [3.8, 4) is 0 Å². The molecule has 1 atom stereocenters. The van der Waals surface area contributed by atoms with Gasteiger partial charge in [-0.05, 0) is 37.9 Å². The van der Waals surface area contributed by atoms with Crippen LogP contribution in [0.15, 0.2) is 59.5 Å². The van der Waals surface area contributed by atoms with Crippen LogP contribution >= 0.6 is 0 Å². The SMILES string of the molecule is CNS(=O)(=O)c1cccc(NC(=O)N2CCN(C)C(c3ccccc3)C2)c1. The van der Waals surface area contributed by atoms with Gasteiger partial charge < -0.3 is 10.2 Å². The van der Waals surface area contributed by atoms with Gasteiger partial charge in [0.2, 0.25) is 10.0 Å². The first-order valence-corrected chi connectivity index (χ1v) is 10.2. The van der Waals surface area contributed by atoms with Gasteiger partial charge in [-0.15, -0.1) is 0 Å². The van der Waals surface area contributed by atoms with E-state index in [0.717, 1.165) is 6.54 Å². The molecule has 1 heterocycles. The summed E-state index contributed by atoms with van der Waals surface area (Å²) in [4.78, 5) is 16.8. The minimum atomic E-state index is -3.56. The number of carbonyl (C=O) groups excluding carboxylic acids is 1. The lowest BCUT2D eigenvalue weighted by molar-refractivity contribution is 0.116. The zero-order valence-corrected chi connectivity index (χ0v) is 16.2. The molecule has 1 fully saturated rings. The number of nitrogens with zero attached hydrogens (tertiary/aromatic N) is 2. The number of benzene rings is 2.